The summed E-state index contributed by atoms with van der Waals surface area (Å²) >= 11 is 1.84. The quantitative estimate of drug-likeness (QED) is 0.477. The van der Waals surface area contributed by atoms with Gasteiger partial charge in [0.2, 0.25) is 0 Å². The van der Waals surface area contributed by atoms with Crippen LogP contribution in [0.2, 0.25) is 0 Å². The molecule has 0 fully saturated rings. The number of fused-ring (bicyclic) bond motifs is 2. The van der Waals surface area contributed by atoms with Gasteiger partial charge in [0.15, 0.2) is 0 Å². The van der Waals surface area contributed by atoms with Crippen LogP contribution >= 0.6 is 11.8 Å². The third-order valence-corrected chi connectivity index (χ3v) is 5.29. The number of hydrogen-bond donors (Lipinski definition) is 2. The van der Waals surface area contributed by atoms with Crippen molar-refractivity contribution in [2.45, 2.75) is 31.4 Å². The van der Waals surface area contributed by atoms with Gasteiger partial charge < -0.3 is 10.2 Å². The van der Waals surface area contributed by atoms with Crippen LogP contribution in [-0.4, -0.2) is 16.0 Å². The molecule has 0 heterocycles. The molecule has 0 spiro atoms. The van der Waals surface area contributed by atoms with E-state index in [9.17, 15) is 10.2 Å². The standard InChI is InChI=1S/C18H20O2S/c1-2-3-11-21-15-10-6-9-14-16(15)18(20)13-8-5-4-7-12(13)17(14)19/h4-8,10,15,19-20H,2-3,9,11H2,1H3. The molecule has 2 nitrogen and oxygen atoms in total. The van der Waals surface area contributed by atoms with Gasteiger partial charge in [0.25, 0.3) is 0 Å². The fraction of sp³-hybridized carbons (Fsp3) is 0.333. The molecule has 0 radical (unpaired) electrons. The Bertz CT molecular complexity index is 691. The summed E-state index contributed by atoms with van der Waals surface area (Å²) in [7, 11) is 0. The average Bonchev–Trinajstić information content (AvgIpc) is 2.53. The molecule has 110 valence electrons. The molecule has 0 saturated carbocycles. The Morgan fingerprint density at radius 2 is 1.86 bits per heavy atom. The Labute approximate surface area is 129 Å². The van der Waals surface area contributed by atoms with Crippen LogP contribution in [0.4, 0.5) is 0 Å². The highest BCUT2D eigenvalue weighted by Crippen LogP contribution is 2.48. The zero-order valence-electron chi connectivity index (χ0n) is 12.2. The van der Waals surface area contributed by atoms with Gasteiger partial charge in [-0.3, -0.25) is 0 Å². The molecule has 0 aliphatic heterocycles. The molecule has 3 rings (SSSR count). The van der Waals surface area contributed by atoms with Gasteiger partial charge in [0, 0.05) is 21.9 Å². The second kappa shape index (κ2) is 6.02. The van der Waals surface area contributed by atoms with E-state index in [0.29, 0.717) is 17.9 Å². The molecule has 0 aromatic heterocycles. The monoisotopic (exact) mass is 300 g/mol. The topological polar surface area (TPSA) is 40.5 Å². The minimum Gasteiger partial charge on any atom is -0.507 e. The fourth-order valence-electron chi connectivity index (χ4n) is 2.89. The average molecular weight is 300 g/mol. The lowest BCUT2D eigenvalue weighted by Gasteiger charge is -2.24. The van der Waals surface area contributed by atoms with Crippen molar-refractivity contribution in [3.8, 4) is 11.5 Å². The largest absolute Gasteiger partial charge is 0.507 e. The maximum Gasteiger partial charge on any atom is 0.128 e. The first-order valence-electron chi connectivity index (χ1n) is 7.47. The van der Waals surface area contributed by atoms with Gasteiger partial charge in [0.1, 0.15) is 11.5 Å². The molecule has 21 heavy (non-hydrogen) atoms. The number of phenols is 2. The third-order valence-electron chi connectivity index (χ3n) is 4.02. The van der Waals surface area contributed by atoms with E-state index in [0.717, 1.165) is 27.7 Å². The van der Waals surface area contributed by atoms with Crippen molar-refractivity contribution in [2.75, 3.05) is 5.75 Å². The normalized spacial score (nSPS) is 17.1. The number of phenolic OH excluding ortho intramolecular Hbond substituents is 2. The van der Waals surface area contributed by atoms with Crippen LogP contribution in [0.15, 0.2) is 36.4 Å². The molecule has 2 aromatic carbocycles. The summed E-state index contributed by atoms with van der Waals surface area (Å²) < 4.78 is 0. The molecular formula is C18H20O2S. The van der Waals surface area contributed by atoms with Gasteiger partial charge in [-0.05, 0) is 18.6 Å². The van der Waals surface area contributed by atoms with Gasteiger partial charge in [-0.1, -0.05) is 49.8 Å². The second-order valence-electron chi connectivity index (χ2n) is 5.41. The summed E-state index contributed by atoms with van der Waals surface area (Å²) in [5, 5.41) is 22.9. The molecule has 1 atom stereocenters. The van der Waals surface area contributed by atoms with Gasteiger partial charge in [-0.25, -0.2) is 0 Å². The molecule has 3 heteroatoms. The van der Waals surface area contributed by atoms with Gasteiger partial charge in [0.05, 0.1) is 5.25 Å². The minimum atomic E-state index is 0.135. The van der Waals surface area contributed by atoms with Gasteiger partial charge >= 0.3 is 0 Å². The lowest BCUT2D eigenvalue weighted by molar-refractivity contribution is 0.459. The number of unbranched alkanes of at least 4 members (excludes halogenated alkanes) is 1. The van der Waals surface area contributed by atoms with Crippen molar-refractivity contribution in [3.63, 3.8) is 0 Å². The van der Waals surface area contributed by atoms with Crippen molar-refractivity contribution < 1.29 is 10.2 Å². The van der Waals surface area contributed by atoms with Crippen LogP contribution in [0.3, 0.4) is 0 Å². The lowest BCUT2D eigenvalue weighted by Crippen LogP contribution is -2.04. The molecule has 2 N–H and O–H groups in total. The third kappa shape index (κ3) is 2.51. The Hall–Kier alpha value is -1.61. The van der Waals surface area contributed by atoms with Gasteiger partial charge in [-0.2, -0.15) is 0 Å². The first-order chi connectivity index (χ1) is 10.2. The molecule has 0 bridgehead atoms. The van der Waals surface area contributed by atoms with E-state index in [2.05, 4.69) is 19.1 Å². The van der Waals surface area contributed by atoms with Crippen LogP contribution in [0.25, 0.3) is 10.8 Å². The first kappa shape index (κ1) is 14.3. The van der Waals surface area contributed by atoms with Gasteiger partial charge in [-0.15, -0.1) is 11.8 Å². The number of benzene rings is 2. The zero-order chi connectivity index (χ0) is 14.8. The molecule has 0 saturated heterocycles. The maximum atomic E-state index is 10.7. The molecular weight excluding hydrogens is 280 g/mol. The Kier molecular flexibility index (Phi) is 4.11. The van der Waals surface area contributed by atoms with Crippen molar-refractivity contribution in [2.24, 2.45) is 0 Å². The van der Waals surface area contributed by atoms with E-state index >= 15 is 0 Å². The van der Waals surface area contributed by atoms with Crippen LogP contribution < -0.4 is 0 Å². The number of hydrogen-bond acceptors (Lipinski definition) is 3. The number of rotatable bonds is 4. The number of allylic oxidation sites excluding steroid dienone is 1. The summed E-state index contributed by atoms with van der Waals surface area (Å²) in [6.45, 7) is 2.18. The Morgan fingerprint density at radius 3 is 2.57 bits per heavy atom. The predicted octanol–water partition coefficient (Wildman–Crippen LogP) is 4.94. The van der Waals surface area contributed by atoms with Crippen LogP contribution in [0, 0.1) is 0 Å². The minimum absolute atomic E-state index is 0.135. The Morgan fingerprint density at radius 1 is 1.14 bits per heavy atom. The summed E-state index contributed by atoms with van der Waals surface area (Å²) in [6, 6.07) is 7.52. The van der Waals surface area contributed by atoms with Crippen LogP contribution in [0.1, 0.15) is 36.1 Å². The number of thioether (sulfide) groups is 1. The van der Waals surface area contributed by atoms with E-state index in [4.69, 9.17) is 0 Å². The molecule has 1 unspecified atom stereocenters. The van der Waals surface area contributed by atoms with Crippen molar-refractivity contribution in [1.29, 1.82) is 0 Å². The van der Waals surface area contributed by atoms with E-state index < -0.39 is 0 Å². The summed E-state index contributed by atoms with van der Waals surface area (Å²) in [4.78, 5) is 0. The smallest absolute Gasteiger partial charge is 0.128 e. The SMILES string of the molecule is CCCCSC1C=CCc2c1c(O)c1ccccc1c2O. The first-order valence-corrected chi connectivity index (χ1v) is 8.52. The highest BCUT2D eigenvalue weighted by atomic mass is 32.2. The molecule has 2 aromatic rings. The lowest BCUT2D eigenvalue weighted by atomic mass is 9.90. The maximum absolute atomic E-state index is 10.7. The summed E-state index contributed by atoms with van der Waals surface area (Å²) in [5.74, 6) is 1.72. The van der Waals surface area contributed by atoms with Crippen molar-refractivity contribution in [1.82, 2.24) is 0 Å². The van der Waals surface area contributed by atoms with Crippen molar-refractivity contribution >= 4 is 22.5 Å². The van der Waals surface area contributed by atoms with Crippen LogP contribution in [-0.2, 0) is 6.42 Å². The predicted molar refractivity (Wildman–Crippen MR) is 90.2 cm³/mol. The van der Waals surface area contributed by atoms with E-state index in [1.807, 2.05) is 36.0 Å². The second-order valence-corrected chi connectivity index (χ2v) is 6.66. The molecule has 1 aliphatic carbocycles. The summed E-state index contributed by atoms with van der Waals surface area (Å²) in [5.41, 5.74) is 1.78. The molecule has 1 aliphatic rings. The van der Waals surface area contributed by atoms with Crippen molar-refractivity contribution in [3.05, 3.63) is 47.5 Å². The van der Waals surface area contributed by atoms with E-state index in [1.165, 1.54) is 12.8 Å². The fourth-order valence-corrected chi connectivity index (χ4v) is 4.24. The van der Waals surface area contributed by atoms with Crippen LogP contribution in [0.5, 0.6) is 11.5 Å². The Balaban J connectivity index is 2.11. The number of aromatic hydroxyl groups is 2. The molecule has 0 amide bonds. The zero-order valence-corrected chi connectivity index (χ0v) is 13.0. The summed E-state index contributed by atoms with van der Waals surface area (Å²) in [6.07, 6.45) is 7.27. The van der Waals surface area contributed by atoms with E-state index in [-0.39, 0.29) is 5.25 Å². The highest BCUT2D eigenvalue weighted by Gasteiger charge is 2.25. The highest BCUT2D eigenvalue weighted by molar-refractivity contribution is 7.99. The van der Waals surface area contributed by atoms with E-state index in [1.54, 1.807) is 0 Å².